The largest absolute Gasteiger partial charge is 0.477 e. The first-order chi connectivity index (χ1) is 13.5. The summed E-state index contributed by atoms with van der Waals surface area (Å²) in [5, 5.41) is 21.5. The number of nitriles is 1. The van der Waals surface area contributed by atoms with E-state index in [1.807, 2.05) is 0 Å². The van der Waals surface area contributed by atoms with E-state index in [0.717, 1.165) is 16.9 Å². The Labute approximate surface area is 163 Å². The van der Waals surface area contributed by atoms with Gasteiger partial charge in [-0.25, -0.2) is 9.18 Å². The number of hydrogen-bond donors (Lipinski definition) is 2. The van der Waals surface area contributed by atoms with Gasteiger partial charge in [0.05, 0.1) is 17.3 Å². The predicted molar refractivity (Wildman–Crippen MR) is 103 cm³/mol. The highest BCUT2D eigenvalue weighted by molar-refractivity contribution is 7.15. The van der Waals surface area contributed by atoms with Gasteiger partial charge in [-0.2, -0.15) is 5.26 Å². The van der Waals surface area contributed by atoms with Crippen LogP contribution in [0.15, 0.2) is 48.5 Å². The molecule has 0 aliphatic carbocycles. The Morgan fingerprint density at radius 2 is 2.00 bits per heavy atom. The normalized spacial score (nSPS) is 15.4. The molecular formula is C21H13FN2O3S. The van der Waals surface area contributed by atoms with Crippen LogP contribution in [-0.2, 0) is 4.79 Å². The number of rotatable bonds is 3. The van der Waals surface area contributed by atoms with Gasteiger partial charge in [0.25, 0.3) is 0 Å². The van der Waals surface area contributed by atoms with E-state index in [4.69, 9.17) is 5.26 Å². The fourth-order valence-corrected chi connectivity index (χ4v) is 4.66. The number of carbonyl (C=O) groups is 2. The monoisotopic (exact) mass is 392 g/mol. The van der Waals surface area contributed by atoms with Gasteiger partial charge in [0.1, 0.15) is 10.7 Å². The number of carbonyl (C=O) groups excluding carboxylic acids is 1. The first-order valence-corrected chi connectivity index (χ1v) is 9.25. The Morgan fingerprint density at radius 3 is 2.64 bits per heavy atom. The van der Waals surface area contributed by atoms with Crippen LogP contribution in [0.2, 0.25) is 0 Å². The summed E-state index contributed by atoms with van der Waals surface area (Å²) >= 11 is 1.08. The second-order valence-corrected chi connectivity index (χ2v) is 7.45. The number of thiophene rings is 1. The molecule has 2 aromatic carbocycles. The van der Waals surface area contributed by atoms with Gasteiger partial charge < -0.3 is 10.4 Å². The van der Waals surface area contributed by atoms with Crippen molar-refractivity contribution in [1.82, 2.24) is 0 Å². The number of anilines is 1. The van der Waals surface area contributed by atoms with Gasteiger partial charge in [-0.05, 0) is 35.4 Å². The SMILES string of the molecule is N#Cc1ccc([C@@H]2CC(=O)Nc3c2sc(C(=O)O)c3-c2cccc(F)c2)cc1. The lowest BCUT2D eigenvalue weighted by Crippen LogP contribution is -2.22. The molecule has 7 heteroatoms. The third-order valence-electron chi connectivity index (χ3n) is 4.66. The summed E-state index contributed by atoms with van der Waals surface area (Å²) in [4.78, 5) is 25.0. The van der Waals surface area contributed by atoms with E-state index in [1.165, 1.54) is 18.2 Å². The summed E-state index contributed by atoms with van der Waals surface area (Å²) in [5.74, 6) is -2.19. The van der Waals surface area contributed by atoms with Crippen molar-refractivity contribution in [1.29, 1.82) is 5.26 Å². The van der Waals surface area contributed by atoms with Gasteiger partial charge in [0.15, 0.2) is 0 Å². The van der Waals surface area contributed by atoms with Gasteiger partial charge in [-0.3, -0.25) is 4.79 Å². The number of fused-ring (bicyclic) bond motifs is 1. The third-order valence-corrected chi connectivity index (χ3v) is 5.95. The summed E-state index contributed by atoms with van der Waals surface area (Å²) in [6, 6.07) is 14.6. The molecule has 1 aliphatic rings. The molecule has 4 rings (SSSR count). The Balaban J connectivity index is 1.92. The number of hydrogen-bond acceptors (Lipinski definition) is 4. The Hall–Kier alpha value is -3.50. The minimum Gasteiger partial charge on any atom is -0.477 e. The molecule has 0 saturated carbocycles. The van der Waals surface area contributed by atoms with Crippen LogP contribution < -0.4 is 5.32 Å². The van der Waals surface area contributed by atoms with Crippen LogP contribution in [0.1, 0.15) is 38.0 Å². The van der Waals surface area contributed by atoms with E-state index in [9.17, 15) is 19.1 Å². The first-order valence-electron chi connectivity index (χ1n) is 8.43. The van der Waals surface area contributed by atoms with Crippen LogP contribution in [-0.4, -0.2) is 17.0 Å². The van der Waals surface area contributed by atoms with Crippen molar-refractivity contribution in [3.63, 3.8) is 0 Å². The molecule has 0 fully saturated rings. The molecule has 0 bridgehead atoms. The number of carboxylic acids is 1. The zero-order valence-electron chi connectivity index (χ0n) is 14.4. The summed E-state index contributed by atoms with van der Waals surface area (Å²) < 4.78 is 13.8. The van der Waals surface area contributed by atoms with Gasteiger partial charge in [0.2, 0.25) is 5.91 Å². The molecule has 0 unspecified atom stereocenters. The molecule has 0 radical (unpaired) electrons. The molecular weight excluding hydrogens is 379 g/mol. The van der Waals surface area contributed by atoms with Crippen molar-refractivity contribution in [2.75, 3.05) is 5.32 Å². The number of nitrogens with one attached hydrogen (secondary N) is 1. The third kappa shape index (κ3) is 3.04. The van der Waals surface area contributed by atoms with Crippen molar-refractivity contribution < 1.29 is 19.1 Å². The molecule has 1 atom stereocenters. The lowest BCUT2D eigenvalue weighted by atomic mass is 9.88. The molecule has 1 aromatic heterocycles. The van der Waals surface area contributed by atoms with Crippen molar-refractivity contribution in [2.45, 2.75) is 12.3 Å². The number of benzene rings is 2. The van der Waals surface area contributed by atoms with Gasteiger partial charge in [-0.15, -0.1) is 11.3 Å². The number of halogens is 1. The van der Waals surface area contributed by atoms with Crippen molar-refractivity contribution >= 4 is 28.9 Å². The Bertz CT molecular complexity index is 1150. The summed E-state index contributed by atoms with van der Waals surface area (Å²) in [7, 11) is 0. The highest BCUT2D eigenvalue weighted by atomic mass is 32.1. The number of nitrogens with zero attached hydrogens (tertiary/aromatic N) is 1. The average Bonchev–Trinajstić information content (AvgIpc) is 3.07. The van der Waals surface area contributed by atoms with Crippen LogP contribution in [0.5, 0.6) is 0 Å². The molecule has 0 saturated heterocycles. The van der Waals surface area contributed by atoms with Crippen LogP contribution >= 0.6 is 11.3 Å². The van der Waals surface area contributed by atoms with E-state index in [1.54, 1.807) is 30.3 Å². The summed E-state index contributed by atoms with van der Waals surface area (Å²) in [6.07, 6.45) is 0.168. The zero-order valence-corrected chi connectivity index (χ0v) is 15.2. The fourth-order valence-electron chi connectivity index (χ4n) is 3.42. The summed E-state index contributed by atoms with van der Waals surface area (Å²) in [6.45, 7) is 0. The molecule has 138 valence electrons. The molecule has 3 aromatic rings. The molecule has 2 N–H and O–H groups in total. The van der Waals surface area contributed by atoms with E-state index in [2.05, 4.69) is 11.4 Å². The van der Waals surface area contributed by atoms with Crippen LogP contribution in [0.3, 0.4) is 0 Å². The van der Waals surface area contributed by atoms with Gasteiger partial charge >= 0.3 is 5.97 Å². The second-order valence-electron chi connectivity index (χ2n) is 6.40. The number of amides is 1. The highest BCUT2D eigenvalue weighted by Crippen LogP contribution is 2.49. The highest BCUT2D eigenvalue weighted by Gasteiger charge is 2.34. The van der Waals surface area contributed by atoms with Crippen LogP contribution in [0.4, 0.5) is 10.1 Å². The second kappa shape index (κ2) is 6.91. The number of carboxylic acid groups (broad SMARTS) is 1. The first kappa shape index (κ1) is 17.9. The fraction of sp³-hybridized carbons (Fsp3) is 0.0952. The topological polar surface area (TPSA) is 90.2 Å². The van der Waals surface area contributed by atoms with Crippen LogP contribution in [0, 0.1) is 17.1 Å². The molecule has 1 aliphatic heterocycles. The zero-order chi connectivity index (χ0) is 19.8. The average molecular weight is 392 g/mol. The minimum absolute atomic E-state index is 0.0523. The Morgan fingerprint density at radius 1 is 1.25 bits per heavy atom. The standard InChI is InChI=1S/C21H13FN2O3S/c22-14-3-1-2-13(8-14)17-18-19(28-20(17)21(26)27)15(9-16(25)24-18)12-6-4-11(10-23)5-7-12/h1-8,15H,9H2,(H,24,25)(H,26,27)/t15-/m0/s1. The van der Waals surface area contributed by atoms with Crippen molar-refractivity contribution in [2.24, 2.45) is 0 Å². The summed E-state index contributed by atoms with van der Waals surface area (Å²) in [5.41, 5.74) is 2.45. The maximum Gasteiger partial charge on any atom is 0.346 e. The smallest absolute Gasteiger partial charge is 0.346 e. The predicted octanol–water partition coefficient (Wildman–Crippen LogP) is 4.60. The molecule has 1 amide bonds. The van der Waals surface area contributed by atoms with E-state index in [-0.39, 0.29) is 23.1 Å². The van der Waals surface area contributed by atoms with Crippen LogP contribution in [0.25, 0.3) is 11.1 Å². The van der Waals surface area contributed by atoms with Gasteiger partial charge in [-0.1, -0.05) is 24.3 Å². The van der Waals surface area contributed by atoms with Crippen molar-refractivity contribution in [3.8, 4) is 17.2 Å². The maximum atomic E-state index is 13.8. The van der Waals surface area contributed by atoms with E-state index >= 15 is 0 Å². The van der Waals surface area contributed by atoms with E-state index < -0.39 is 11.8 Å². The lowest BCUT2D eigenvalue weighted by molar-refractivity contribution is -0.116. The molecule has 0 spiro atoms. The molecule has 28 heavy (non-hydrogen) atoms. The quantitative estimate of drug-likeness (QED) is 0.682. The minimum atomic E-state index is -1.13. The van der Waals surface area contributed by atoms with Crippen molar-refractivity contribution in [3.05, 3.63) is 75.2 Å². The van der Waals surface area contributed by atoms with E-state index in [0.29, 0.717) is 27.3 Å². The Kier molecular flexibility index (Phi) is 4.41. The molecule has 2 heterocycles. The lowest BCUT2D eigenvalue weighted by Gasteiger charge is -2.24. The maximum absolute atomic E-state index is 13.8. The molecule has 5 nitrogen and oxygen atoms in total. The van der Waals surface area contributed by atoms with Gasteiger partial charge in [0, 0.05) is 22.8 Å². The number of aromatic carboxylic acids is 1.